The SMILES string of the molecule is CC(CO)(CO)CO.CCCCC(CC)C(=O)O. The van der Waals surface area contributed by atoms with Crippen molar-refractivity contribution < 1.29 is 25.2 Å². The number of carbonyl (C=O) groups is 1. The minimum absolute atomic E-state index is 0.111. The van der Waals surface area contributed by atoms with Crippen LogP contribution in [0, 0.1) is 11.3 Å². The van der Waals surface area contributed by atoms with Crippen LogP contribution in [0.1, 0.15) is 46.5 Å². The lowest BCUT2D eigenvalue weighted by Crippen LogP contribution is -2.29. The first-order valence-electron chi connectivity index (χ1n) is 6.46. The molecule has 0 saturated carbocycles. The van der Waals surface area contributed by atoms with Gasteiger partial charge in [-0.2, -0.15) is 0 Å². The molecule has 0 bridgehead atoms. The minimum Gasteiger partial charge on any atom is -0.481 e. The lowest BCUT2D eigenvalue weighted by molar-refractivity contribution is -0.142. The summed E-state index contributed by atoms with van der Waals surface area (Å²) >= 11 is 0. The zero-order valence-corrected chi connectivity index (χ0v) is 11.7. The lowest BCUT2D eigenvalue weighted by atomic mass is 9.95. The molecule has 0 aromatic rings. The summed E-state index contributed by atoms with van der Waals surface area (Å²) in [6.07, 6.45) is 3.71. The summed E-state index contributed by atoms with van der Waals surface area (Å²) in [7, 11) is 0. The highest BCUT2D eigenvalue weighted by molar-refractivity contribution is 5.69. The lowest BCUT2D eigenvalue weighted by Gasteiger charge is -2.20. The van der Waals surface area contributed by atoms with Crippen molar-refractivity contribution in [2.24, 2.45) is 11.3 Å². The molecule has 4 N–H and O–H groups in total. The van der Waals surface area contributed by atoms with Crippen molar-refractivity contribution >= 4 is 5.97 Å². The average Bonchev–Trinajstić information content (AvgIpc) is 2.39. The predicted octanol–water partition coefficient (Wildman–Crippen LogP) is 1.26. The first-order chi connectivity index (χ1) is 8.40. The van der Waals surface area contributed by atoms with Crippen LogP contribution < -0.4 is 0 Å². The molecule has 0 heterocycles. The van der Waals surface area contributed by atoms with Gasteiger partial charge in [0.1, 0.15) is 0 Å². The molecule has 1 unspecified atom stereocenters. The largest absolute Gasteiger partial charge is 0.481 e. The van der Waals surface area contributed by atoms with Gasteiger partial charge in [0.15, 0.2) is 0 Å². The van der Waals surface area contributed by atoms with Gasteiger partial charge < -0.3 is 20.4 Å². The first kappa shape index (κ1) is 19.7. The molecule has 0 saturated heterocycles. The number of carboxylic acids is 1. The standard InChI is InChI=1S/C8H16O2.C5H12O3/c1-3-5-6-7(4-2)8(9)10;1-5(2-6,3-7)4-8/h7H,3-6H2,1-2H3,(H,9,10);6-8H,2-4H2,1H3. The second kappa shape index (κ2) is 11.4. The third-order valence-corrected chi connectivity index (χ3v) is 2.89. The van der Waals surface area contributed by atoms with Crippen molar-refractivity contribution in [2.75, 3.05) is 19.8 Å². The minimum atomic E-state index is -0.708. The number of aliphatic hydroxyl groups is 3. The molecule has 0 aromatic heterocycles. The number of rotatable bonds is 8. The maximum absolute atomic E-state index is 10.4. The van der Waals surface area contributed by atoms with Crippen molar-refractivity contribution in [1.82, 2.24) is 0 Å². The summed E-state index contributed by atoms with van der Waals surface area (Å²) in [4.78, 5) is 10.4. The number of aliphatic hydroxyl groups excluding tert-OH is 3. The number of hydrogen-bond donors (Lipinski definition) is 4. The Morgan fingerprint density at radius 2 is 1.56 bits per heavy atom. The molecule has 1 atom stereocenters. The van der Waals surface area contributed by atoms with E-state index in [1.54, 1.807) is 6.92 Å². The topological polar surface area (TPSA) is 98.0 Å². The third kappa shape index (κ3) is 9.39. The van der Waals surface area contributed by atoms with Crippen molar-refractivity contribution in [2.45, 2.75) is 46.5 Å². The summed E-state index contributed by atoms with van der Waals surface area (Å²) in [5, 5.41) is 34.0. The van der Waals surface area contributed by atoms with Crippen LogP contribution in [0.15, 0.2) is 0 Å². The van der Waals surface area contributed by atoms with E-state index in [0.717, 1.165) is 25.7 Å². The molecule has 0 aliphatic heterocycles. The van der Waals surface area contributed by atoms with E-state index in [4.69, 9.17) is 20.4 Å². The molecule has 0 spiro atoms. The predicted molar refractivity (Wildman–Crippen MR) is 70.3 cm³/mol. The number of unbranched alkanes of at least 4 members (excludes halogenated alkanes) is 1. The van der Waals surface area contributed by atoms with E-state index < -0.39 is 11.4 Å². The molecule has 0 fully saturated rings. The van der Waals surface area contributed by atoms with Gasteiger partial charge in [0.2, 0.25) is 0 Å². The number of hydrogen-bond acceptors (Lipinski definition) is 4. The Bertz CT molecular complexity index is 193. The van der Waals surface area contributed by atoms with Crippen LogP contribution in [-0.2, 0) is 4.79 Å². The van der Waals surface area contributed by atoms with Crippen LogP contribution in [-0.4, -0.2) is 46.2 Å². The molecule has 0 aliphatic carbocycles. The summed E-state index contributed by atoms with van der Waals surface area (Å²) in [5.74, 6) is -0.754. The molecule has 0 rings (SSSR count). The Kier molecular flexibility index (Phi) is 12.5. The fourth-order valence-corrected chi connectivity index (χ4v) is 1.10. The normalized spacial score (nSPS) is 12.6. The Labute approximate surface area is 109 Å². The van der Waals surface area contributed by atoms with Crippen molar-refractivity contribution in [3.8, 4) is 0 Å². The molecule has 110 valence electrons. The van der Waals surface area contributed by atoms with Gasteiger partial charge >= 0.3 is 5.97 Å². The number of aliphatic carboxylic acids is 1. The molecule has 5 nitrogen and oxygen atoms in total. The summed E-state index contributed by atoms with van der Waals surface area (Å²) in [6.45, 7) is 5.07. The zero-order chi connectivity index (χ0) is 14.6. The Balaban J connectivity index is 0. The van der Waals surface area contributed by atoms with E-state index in [-0.39, 0.29) is 25.7 Å². The smallest absolute Gasteiger partial charge is 0.306 e. The molecule has 0 aliphatic rings. The molecule has 0 radical (unpaired) electrons. The second-order valence-corrected chi connectivity index (χ2v) is 4.87. The third-order valence-electron chi connectivity index (χ3n) is 2.89. The first-order valence-corrected chi connectivity index (χ1v) is 6.46. The number of carboxylic acid groups (broad SMARTS) is 1. The fourth-order valence-electron chi connectivity index (χ4n) is 1.10. The van der Waals surface area contributed by atoms with Crippen LogP contribution in [0.5, 0.6) is 0 Å². The highest BCUT2D eigenvalue weighted by atomic mass is 16.4. The average molecular weight is 264 g/mol. The highest BCUT2D eigenvalue weighted by Crippen LogP contribution is 2.12. The van der Waals surface area contributed by atoms with E-state index in [9.17, 15) is 4.79 Å². The van der Waals surface area contributed by atoms with Gasteiger partial charge in [-0.15, -0.1) is 0 Å². The van der Waals surface area contributed by atoms with Gasteiger partial charge in [-0.25, -0.2) is 0 Å². The van der Waals surface area contributed by atoms with E-state index in [0.29, 0.717) is 0 Å². The van der Waals surface area contributed by atoms with Gasteiger partial charge in [-0.3, -0.25) is 4.79 Å². The van der Waals surface area contributed by atoms with Crippen LogP contribution in [0.25, 0.3) is 0 Å². The molecule has 18 heavy (non-hydrogen) atoms. The van der Waals surface area contributed by atoms with Crippen LogP contribution in [0.3, 0.4) is 0 Å². The molecule has 5 heteroatoms. The van der Waals surface area contributed by atoms with Crippen molar-refractivity contribution in [1.29, 1.82) is 0 Å². The van der Waals surface area contributed by atoms with Gasteiger partial charge in [0.05, 0.1) is 25.7 Å². The maximum atomic E-state index is 10.4. The summed E-state index contributed by atoms with van der Waals surface area (Å²) in [6, 6.07) is 0. The van der Waals surface area contributed by atoms with Gasteiger partial charge in [0, 0.05) is 5.41 Å². The molecule has 0 amide bonds. The molecule has 0 aromatic carbocycles. The van der Waals surface area contributed by atoms with Crippen LogP contribution in [0.4, 0.5) is 0 Å². The van der Waals surface area contributed by atoms with Gasteiger partial charge in [-0.1, -0.05) is 33.6 Å². The van der Waals surface area contributed by atoms with E-state index in [1.165, 1.54) is 0 Å². The summed E-state index contributed by atoms with van der Waals surface area (Å²) < 4.78 is 0. The van der Waals surface area contributed by atoms with Crippen molar-refractivity contribution in [3.63, 3.8) is 0 Å². The Morgan fingerprint density at radius 1 is 1.11 bits per heavy atom. The Morgan fingerprint density at radius 3 is 1.72 bits per heavy atom. The van der Waals surface area contributed by atoms with Gasteiger partial charge in [0.25, 0.3) is 0 Å². The van der Waals surface area contributed by atoms with E-state index in [2.05, 4.69) is 6.92 Å². The van der Waals surface area contributed by atoms with Gasteiger partial charge in [-0.05, 0) is 12.8 Å². The molecular formula is C13H28O5. The monoisotopic (exact) mass is 264 g/mol. The van der Waals surface area contributed by atoms with Crippen LogP contribution >= 0.6 is 0 Å². The summed E-state index contributed by atoms with van der Waals surface area (Å²) in [5.41, 5.74) is -0.708. The fraction of sp³-hybridized carbons (Fsp3) is 0.923. The van der Waals surface area contributed by atoms with E-state index >= 15 is 0 Å². The Hall–Kier alpha value is -0.650. The second-order valence-electron chi connectivity index (χ2n) is 4.87. The zero-order valence-electron chi connectivity index (χ0n) is 11.7. The molecular weight excluding hydrogens is 236 g/mol. The van der Waals surface area contributed by atoms with E-state index in [1.807, 2.05) is 6.92 Å². The highest BCUT2D eigenvalue weighted by Gasteiger charge is 2.20. The van der Waals surface area contributed by atoms with Crippen LogP contribution in [0.2, 0.25) is 0 Å². The van der Waals surface area contributed by atoms with Crippen molar-refractivity contribution in [3.05, 3.63) is 0 Å². The maximum Gasteiger partial charge on any atom is 0.306 e. The quantitative estimate of drug-likeness (QED) is 0.529.